The van der Waals surface area contributed by atoms with Gasteiger partial charge in [0, 0.05) is 16.2 Å². The van der Waals surface area contributed by atoms with Gasteiger partial charge in [-0.25, -0.2) is 0 Å². The van der Waals surface area contributed by atoms with Crippen molar-refractivity contribution in [2.24, 2.45) is 0 Å². The predicted molar refractivity (Wildman–Crippen MR) is 68.6 cm³/mol. The molecule has 0 aromatic heterocycles. The molecule has 4 nitrogen and oxygen atoms in total. The largest absolute Gasteiger partial charge is 0.469 e. The number of hydrogen-bond donors (Lipinski definition) is 1. The van der Waals surface area contributed by atoms with Crippen LogP contribution in [0.25, 0.3) is 0 Å². The molecule has 1 unspecified atom stereocenters. The Balaban J connectivity index is 2.69. The van der Waals surface area contributed by atoms with E-state index in [0.29, 0.717) is 12.0 Å². The molecule has 0 saturated heterocycles. The summed E-state index contributed by atoms with van der Waals surface area (Å²) in [6.07, 6.45) is 0.295. The Morgan fingerprint density at radius 1 is 1.65 bits per heavy atom. The summed E-state index contributed by atoms with van der Waals surface area (Å²) in [5.74, 6) is -0.255. The highest BCUT2D eigenvalue weighted by atomic mass is 79.9. The molecule has 0 fully saturated rings. The second-order valence-electron chi connectivity index (χ2n) is 3.63. The summed E-state index contributed by atoms with van der Waals surface area (Å²) in [4.78, 5) is 11.1. The van der Waals surface area contributed by atoms with Gasteiger partial charge >= 0.3 is 5.97 Å². The third-order valence-electron chi connectivity index (χ3n) is 2.20. The van der Waals surface area contributed by atoms with Gasteiger partial charge in [0.2, 0.25) is 0 Å². The van der Waals surface area contributed by atoms with Gasteiger partial charge in [-0.05, 0) is 41.1 Å². The van der Waals surface area contributed by atoms with Gasteiger partial charge in [-0.3, -0.25) is 4.79 Å². The van der Waals surface area contributed by atoms with Crippen LogP contribution in [0.5, 0.6) is 0 Å². The number of ether oxygens (including phenoxy) is 1. The molecular formula is C12H13BrN2O2. The lowest BCUT2D eigenvalue weighted by atomic mass is 10.2. The molecule has 0 aliphatic carbocycles. The van der Waals surface area contributed by atoms with Crippen LogP contribution in [0.15, 0.2) is 22.7 Å². The quantitative estimate of drug-likeness (QED) is 0.868. The number of nitriles is 1. The maximum absolute atomic E-state index is 11.1. The number of esters is 1. The Morgan fingerprint density at radius 2 is 2.35 bits per heavy atom. The Hall–Kier alpha value is -1.54. The van der Waals surface area contributed by atoms with E-state index in [1.54, 1.807) is 18.2 Å². The van der Waals surface area contributed by atoms with Crippen LogP contribution in [0.2, 0.25) is 0 Å². The normalized spacial score (nSPS) is 11.4. The topological polar surface area (TPSA) is 62.1 Å². The molecule has 17 heavy (non-hydrogen) atoms. The minimum Gasteiger partial charge on any atom is -0.469 e. The number of nitrogens with one attached hydrogen (secondary N) is 1. The van der Waals surface area contributed by atoms with Crippen LogP contribution in [0.4, 0.5) is 5.69 Å². The van der Waals surface area contributed by atoms with E-state index in [1.807, 2.05) is 6.92 Å². The first kappa shape index (κ1) is 13.5. The highest BCUT2D eigenvalue weighted by Gasteiger charge is 2.10. The molecule has 0 saturated carbocycles. The molecule has 5 heteroatoms. The van der Waals surface area contributed by atoms with Crippen LogP contribution in [0.1, 0.15) is 18.9 Å². The summed E-state index contributed by atoms with van der Waals surface area (Å²) < 4.78 is 5.39. The van der Waals surface area contributed by atoms with Gasteiger partial charge in [0.15, 0.2) is 0 Å². The number of methoxy groups -OCH3 is 1. The van der Waals surface area contributed by atoms with Crippen molar-refractivity contribution in [3.05, 3.63) is 28.2 Å². The van der Waals surface area contributed by atoms with E-state index in [-0.39, 0.29) is 12.0 Å². The van der Waals surface area contributed by atoms with Crippen molar-refractivity contribution >= 4 is 27.6 Å². The van der Waals surface area contributed by atoms with E-state index in [4.69, 9.17) is 5.26 Å². The fraction of sp³-hybridized carbons (Fsp3) is 0.333. The highest BCUT2D eigenvalue weighted by Crippen LogP contribution is 2.24. The minimum absolute atomic E-state index is 0.0355. The van der Waals surface area contributed by atoms with E-state index in [9.17, 15) is 4.79 Å². The lowest BCUT2D eigenvalue weighted by molar-refractivity contribution is -0.140. The molecular weight excluding hydrogens is 284 g/mol. The van der Waals surface area contributed by atoms with Crippen LogP contribution >= 0.6 is 15.9 Å². The van der Waals surface area contributed by atoms with Gasteiger partial charge < -0.3 is 10.1 Å². The van der Waals surface area contributed by atoms with Crippen molar-refractivity contribution in [3.8, 4) is 6.07 Å². The summed E-state index contributed by atoms with van der Waals surface area (Å²) in [6, 6.07) is 7.27. The lowest BCUT2D eigenvalue weighted by Crippen LogP contribution is -2.20. The lowest BCUT2D eigenvalue weighted by Gasteiger charge is -2.15. The molecule has 0 heterocycles. The molecule has 0 amide bonds. The maximum Gasteiger partial charge on any atom is 0.307 e. The standard InChI is InChI=1S/C12H13BrN2O2/c1-8(5-12(16)17-2)15-11-4-3-9(7-14)6-10(11)13/h3-4,6,8,15H,5H2,1-2H3. The zero-order valence-corrected chi connectivity index (χ0v) is 11.2. The number of halogens is 1. The molecule has 0 spiro atoms. The SMILES string of the molecule is COC(=O)CC(C)Nc1ccc(C#N)cc1Br. The molecule has 1 rings (SSSR count). The molecule has 1 atom stereocenters. The van der Waals surface area contributed by atoms with Crippen molar-refractivity contribution < 1.29 is 9.53 Å². The van der Waals surface area contributed by atoms with Crippen molar-refractivity contribution in [1.29, 1.82) is 5.26 Å². The van der Waals surface area contributed by atoms with Crippen LogP contribution in [-0.4, -0.2) is 19.1 Å². The summed E-state index contributed by atoms with van der Waals surface area (Å²) in [6.45, 7) is 1.89. The first-order valence-corrected chi connectivity index (χ1v) is 5.89. The zero-order valence-electron chi connectivity index (χ0n) is 9.66. The van der Waals surface area contributed by atoms with E-state index < -0.39 is 0 Å². The molecule has 0 aliphatic heterocycles. The second-order valence-corrected chi connectivity index (χ2v) is 4.49. The molecule has 90 valence electrons. The Morgan fingerprint density at radius 3 is 2.88 bits per heavy atom. The Bertz CT molecular complexity index is 454. The van der Waals surface area contributed by atoms with E-state index >= 15 is 0 Å². The minimum atomic E-state index is -0.255. The molecule has 1 N–H and O–H groups in total. The van der Waals surface area contributed by atoms with Gasteiger partial charge in [-0.15, -0.1) is 0 Å². The molecule has 0 radical (unpaired) electrons. The van der Waals surface area contributed by atoms with Crippen molar-refractivity contribution in [2.75, 3.05) is 12.4 Å². The first-order chi connectivity index (χ1) is 8.06. The van der Waals surface area contributed by atoms with E-state index in [1.165, 1.54) is 7.11 Å². The maximum atomic E-state index is 11.1. The molecule has 0 aliphatic rings. The predicted octanol–water partition coefficient (Wildman–Crippen LogP) is 2.68. The average molecular weight is 297 g/mol. The second kappa shape index (κ2) is 6.26. The zero-order chi connectivity index (χ0) is 12.8. The summed E-state index contributed by atoms with van der Waals surface area (Å²) >= 11 is 3.37. The number of carbonyl (C=O) groups excluding carboxylic acids is 1. The van der Waals surface area contributed by atoms with Crippen molar-refractivity contribution in [1.82, 2.24) is 0 Å². The monoisotopic (exact) mass is 296 g/mol. The van der Waals surface area contributed by atoms with Gasteiger partial charge in [0.05, 0.1) is 25.2 Å². The summed E-state index contributed by atoms with van der Waals surface area (Å²) in [5, 5.41) is 11.9. The van der Waals surface area contributed by atoms with Crippen molar-refractivity contribution in [2.45, 2.75) is 19.4 Å². The van der Waals surface area contributed by atoms with Crippen LogP contribution in [-0.2, 0) is 9.53 Å². The van der Waals surface area contributed by atoms with E-state index in [0.717, 1.165) is 10.2 Å². The average Bonchev–Trinajstić information content (AvgIpc) is 2.31. The molecule has 1 aromatic rings. The number of benzene rings is 1. The highest BCUT2D eigenvalue weighted by molar-refractivity contribution is 9.10. The number of anilines is 1. The Kier molecular flexibility index (Phi) is 4.98. The summed E-state index contributed by atoms with van der Waals surface area (Å²) in [5.41, 5.74) is 1.43. The third-order valence-corrected chi connectivity index (χ3v) is 2.86. The number of nitrogens with zero attached hydrogens (tertiary/aromatic N) is 1. The fourth-order valence-corrected chi connectivity index (χ4v) is 1.84. The fourth-order valence-electron chi connectivity index (χ4n) is 1.35. The van der Waals surface area contributed by atoms with Gasteiger partial charge in [-0.2, -0.15) is 5.26 Å². The Labute approximate surface area is 109 Å². The molecule has 1 aromatic carbocycles. The molecule has 0 bridgehead atoms. The van der Waals surface area contributed by atoms with Gasteiger partial charge in [-0.1, -0.05) is 0 Å². The number of rotatable bonds is 4. The van der Waals surface area contributed by atoms with Gasteiger partial charge in [0.25, 0.3) is 0 Å². The van der Waals surface area contributed by atoms with Crippen LogP contribution < -0.4 is 5.32 Å². The first-order valence-electron chi connectivity index (χ1n) is 5.09. The van der Waals surface area contributed by atoms with Crippen LogP contribution in [0, 0.1) is 11.3 Å². The summed E-state index contributed by atoms with van der Waals surface area (Å²) in [7, 11) is 1.37. The van der Waals surface area contributed by atoms with Crippen LogP contribution in [0.3, 0.4) is 0 Å². The third kappa shape index (κ3) is 4.08. The van der Waals surface area contributed by atoms with E-state index in [2.05, 4.69) is 32.1 Å². The number of carbonyl (C=O) groups is 1. The van der Waals surface area contributed by atoms with Crippen molar-refractivity contribution in [3.63, 3.8) is 0 Å². The van der Waals surface area contributed by atoms with Gasteiger partial charge in [0.1, 0.15) is 0 Å². The number of hydrogen-bond acceptors (Lipinski definition) is 4. The smallest absolute Gasteiger partial charge is 0.307 e.